The topological polar surface area (TPSA) is 86.7 Å². The zero-order valence-electron chi connectivity index (χ0n) is 10.9. The highest BCUT2D eigenvalue weighted by atomic mass is 35.5. The summed E-state index contributed by atoms with van der Waals surface area (Å²) >= 11 is 11.9. The van der Waals surface area contributed by atoms with Crippen LogP contribution in [0.3, 0.4) is 0 Å². The molecule has 2 rings (SSSR count). The first kappa shape index (κ1) is 16.4. The Morgan fingerprint density at radius 1 is 1.24 bits per heavy atom. The van der Waals surface area contributed by atoms with Gasteiger partial charge in [0.1, 0.15) is 0 Å². The number of carboxylic acids is 1. The van der Waals surface area contributed by atoms with Crippen LogP contribution >= 0.6 is 23.2 Å². The lowest BCUT2D eigenvalue weighted by Crippen LogP contribution is -2.43. The second-order valence-electron chi connectivity index (χ2n) is 4.72. The van der Waals surface area contributed by atoms with Crippen molar-refractivity contribution in [2.45, 2.75) is 12.8 Å². The Kier molecular flexibility index (Phi) is 4.98. The molecule has 6 nitrogen and oxygen atoms in total. The lowest BCUT2D eigenvalue weighted by Gasteiger charge is -2.29. The van der Waals surface area contributed by atoms with Crippen molar-refractivity contribution in [2.75, 3.05) is 17.8 Å². The Morgan fingerprint density at radius 3 is 2.24 bits per heavy atom. The molecule has 1 aromatic carbocycles. The number of nitrogens with zero attached hydrogens (tertiary/aromatic N) is 1. The minimum atomic E-state index is -3.81. The second-order valence-corrected chi connectivity index (χ2v) is 7.20. The number of anilines is 1. The minimum absolute atomic E-state index is 0.126. The Hall–Kier alpha value is -1.02. The standard InChI is InChI=1S/C12H14Cl2N2O4S/c13-9-2-1-3-10(14)11(9)15-21(19,20)16-6-4-8(5-7-16)12(17)18/h1-3,8,15H,4-7H2,(H,17,18). The molecule has 1 fully saturated rings. The van der Waals surface area contributed by atoms with E-state index in [1.54, 1.807) is 6.07 Å². The molecular weight excluding hydrogens is 339 g/mol. The van der Waals surface area contributed by atoms with Crippen LogP contribution in [0.1, 0.15) is 12.8 Å². The summed E-state index contributed by atoms with van der Waals surface area (Å²) in [6.07, 6.45) is 0.568. The van der Waals surface area contributed by atoms with Crippen LogP contribution in [0.25, 0.3) is 0 Å². The van der Waals surface area contributed by atoms with Gasteiger partial charge in [-0.2, -0.15) is 12.7 Å². The number of benzene rings is 1. The molecule has 0 atom stereocenters. The lowest BCUT2D eigenvalue weighted by atomic mass is 9.99. The molecule has 9 heteroatoms. The van der Waals surface area contributed by atoms with Crippen LogP contribution in [0, 0.1) is 5.92 Å². The van der Waals surface area contributed by atoms with Gasteiger partial charge in [-0.15, -0.1) is 0 Å². The number of hydrogen-bond donors (Lipinski definition) is 2. The van der Waals surface area contributed by atoms with Gasteiger partial charge < -0.3 is 5.11 Å². The molecular formula is C12H14Cl2N2O4S. The number of rotatable bonds is 4. The van der Waals surface area contributed by atoms with E-state index in [4.69, 9.17) is 28.3 Å². The maximum absolute atomic E-state index is 12.3. The Labute approximate surface area is 132 Å². The van der Waals surface area contributed by atoms with E-state index in [9.17, 15) is 13.2 Å². The average Bonchev–Trinajstić information content (AvgIpc) is 2.43. The number of hydrogen-bond acceptors (Lipinski definition) is 3. The highest BCUT2D eigenvalue weighted by Gasteiger charge is 2.31. The van der Waals surface area contributed by atoms with Gasteiger partial charge in [0.15, 0.2) is 0 Å². The van der Waals surface area contributed by atoms with Gasteiger partial charge >= 0.3 is 16.2 Å². The maximum Gasteiger partial charge on any atom is 0.306 e. The summed E-state index contributed by atoms with van der Waals surface area (Å²) in [4.78, 5) is 10.9. The van der Waals surface area contributed by atoms with E-state index >= 15 is 0 Å². The molecule has 0 aliphatic carbocycles. The fourth-order valence-electron chi connectivity index (χ4n) is 2.13. The smallest absolute Gasteiger partial charge is 0.306 e. The first-order valence-corrected chi connectivity index (χ1v) is 8.45. The fraction of sp³-hybridized carbons (Fsp3) is 0.417. The Morgan fingerprint density at radius 2 is 1.76 bits per heavy atom. The lowest BCUT2D eigenvalue weighted by molar-refractivity contribution is -0.142. The van der Waals surface area contributed by atoms with Crippen LogP contribution in [0.15, 0.2) is 18.2 Å². The molecule has 1 aliphatic heterocycles. The van der Waals surface area contributed by atoms with Crippen LogP contribution in [0.4, 0.5) is 5.69 Å². The molecule has 0 radical (unpaired) electrons. The molecule has 0 aromatic heterocycles. The molecule has 1 saturated heterocycles. The van der Waals surface area contributed by atoms with Crippen molar-refractivity contribution in [1.29, 1.82) is 0 Å². The van der Waals surface area contributed by atoms with Crippen LogP contribution < -0.4 is 4.72 Å². The molecule has 0 bridgehead atoms. The average molecular weight is 353 g/mol. The van der Waals surface area contributed by atoms with Crippen molar-refractivity contribution in [2.24, 2.45) is 5.92 Å². The van der Waals surface area contributed by atoms with E-state index in [0.717, 1.165) is 0 Å². The van der Waals surface area contributed by atoms with E-state index < -0.39 is 22.1 Å². The number of halogens is 2. The molecule has 21 heavy (non-hydrogen) atoms. The van der Waals surface area contributed by atoms with Gasteiger partial charge in [0.2, 0.25) is 0 Å². The highest BCUT2D eigenvalue weighted by Crippen LogP contribution is 2.31. The Balaban J connectivity index is 2.11. The van der Waals surface area contributed by atoms with Crippen LogP contribution in [-0.4, -0.2) is 36.9 Å². The zero-order valence-corrected chi connectivity index (χ0v) is 13.2. The summed E-state index contributed by atoms with van der Waals surface area (Å²) in [5.74, 6) is -1.39. The molecule has 0 saturated carbocycles. The number of carboxylic acid groups (broad SMARTS) is 1. The summed E-state index contributed by atoms with van der Waals surface area (Å²) < 4.78 is 28.1. The first-order valence-electron chi connectivity index (χ1n) is 6.26. The second kappa shape index (κ2) is 6.39. The van der Waals surface area contributed by atoms with Gasteiger partial charge in [0, 0.05) is 13.1 Å². The van der Waals surface area contributed by atoms with Gasteiger partial charge in [0.25, 0.3) is 0 Å². The first-order chi connectivity index (χ1) is 9.81. The van der Waals surface area contributed by atoms with Gasteiger partial charge in [0.05, 0.1) is 21.7 Å². The molecule has 116 valence electrons. The quantitative estimate of drug-likeness (QED) is 0.871. The number of aliphatic carboxylic acids is 1. The van der Waals surface area contributed by atoms with E-state index in [-0.39, 0.29) is 41.7 Å². The third-order valence-electron chi connectivity index (χ3n) is 3.34. The van der Waals surface area contributed by atoms with Gasteiger partial charge in [-0.3, -0.25) is 9.52 Å². The van der Waals surface area contributed by atoms with Crippen molar-refractivity contribution in [1.82, 2.24) is 4.31 Å². The summed E-state index contributed by atoms with van der Waals surface area (Å²) in [5.41, 5.74) is 0.126. The highest BCUT2D eigenvalue weighted by molar-refractivity contribution is 7.90. The van der Waals surface area contributed by atoms with E-state index in [2.05, 4.69) is 4.72 Å². The van der Waals surface area contributed by atoms with Crippen molar-refractivity contribution in [3.8, 4) is 0 Å². The Bertz CT molecular complexity index is 622. The van der Waals surface area contributed by atoms with Gasteiger partial charge in [-0.05, 0) is 25.0 Å². The van der Waals surface area contributed by atoms with Crippen molar-refractivity contribution < 1.29 is 18.3 Å². The number of piperidine rings is 1. The SMILES string of the molecule is O=C(O)C1CCN(S(=O)(=O)Nc2c(Cl)cccc2Cl)CC1. The molecule has 1 heterocycles. The van der Waals surface area contributed by atoms with E-state index in [1.165, 1.54) is 16.4 Å². The molecule has 2 N–H and O–H groups in total. The third kappa shape index (κ3) is 3.79. The predicted octanol–water partition coefficient (Wildman–Crippen LogP) is 2.45. The van der Waals surface area contributed by atoms with Crippen molar-refractivity contribution >= 4 is 45.1 Å². The van der Waals surface area contributed by atoms with Crippen LogP contribution in [0.5, 0.6) is 0 Å². The van der Waals surface area contributed by atoms with E-state index in [1.807, 2.05) is 0 Å². The summed E-state index contributed by atoms with van der Waals surface area (Å²) in [6.45, 7) is 0.294. The van der Waals surface area contributed by atoms with E-state index in [0.29, 0.717) is 0 Å². The minimum Gasteiger partial charge on any atom is -0.481 e. The van der Waals surface area contributed by atoms with Crippen LogP contribution in [0.2, 0.25) is 10.0 Å². The predicted molar refractivity (Wildman–Crippen MR) is 80.9 cm³/mol. The summed E-state index contributed by atoms with van der Waals surface area (Å²) in [7, 11) is -3.81. The molecule has 1 aliphatic rings. The monoisotopic (exact) mass is 352 g/mol. The third-order valence-corrected chi connectivity index (χ3v) is 5.47. The number of nitrogens with one attached hydrogen (secondary N) is 1. The van der Waals surface area contributed by atoms with Crippen molar-refractivity contribution in [3.63, 3.8) is 0 Å². The van der Waals surface area contributed by atoms with Crippen molar-refractivity contribution in [3.05, 3.63) is 28.2 Å². The van der Waals surface area contributed by atoms with Crippen LogP contribution in [-0.2, 0) is 15.0 Å². The van der Waals surface area contributed by atoms with Gasteiger partial charge in [-0.25, -0.2) is 0 Å². The summed E-state index contributed by atoms with van der Waals surface area (Å²) in [6, 6.07) is 4.67. The van der Waals surface area contributed by atoms with Gasteiger partial charge in [-0.1, -0.05) is 29.3 Å². The molecule has 0 amide bonds. The molecule has 0 unspecified atom stereocenters. The summed E-state index contributed by atoms with van der Waals surface area (Å²) in [5, 5.41) is 9.32. The molecule has 0 spiro atoms. The normalized spacial score (nSPS) is 17.6. The number of para-hydroxylation sites is 1. The zero-order chi connectivity index (χ0) is 15.6. The largest absolute Gasteiger partial charge is 0.481 e. The molecule has 1 aromatic rings. The number of carbonyl (C=O) groups is 1. The maximum atomic E-state index is 12.3. The fourth-order valence-corrected chi connectivity index (χ4v) is 4.03.